The first-order valence-corrected chi connectivity index (χ1v) is 9.00. The number of thiophene rings is 1. The molecule has 3 rings (SSSR count). The molecule has 1 amide bonds. The standard InChI is InChI=1S/C17H17N3OS2/c1-10(15(21)18-3)22-16-13-9-14(12-7-5-4-6-8-12)23-17(13)20-11(2)19-16/h4-10H,1-3H3,(H,18,21)/t10-/m1/s1. The Balaban J connectivity index is 2.04. The second kappa shape index (κ2) is 6.68. The lowest BCUT2D eigenvalue weighted by molar-refractivity contribution is -0.119. The van der Waals surface area contributed by atoms with Gasteiger partial charge in [-0.2, -0.15) is 0 Å². The number of aromatic nitrogens is 2. The largest absolute Gasteiger partial charge is 0.358 e. The summed E-state index contributed by atoms with van der Waals surface area (Å²) >= 11 is 3.13. The van der Waals surface area contributed by atoms with E-state index in [1.807, 2.05) is 32.0 Å². The Hall–Kier alpha value is -1.92. The second-order valence-corrected chi connectivity index (χ2v) is 7.51. The van der Waals surface area contributed by atoms with Crippen LogP contribution >= 0.6 is 23.1 Å². The molecule has 23 heavy (non-hydrogen) atoms. The minimum atomic E-state index is -0.197. The summed E-state index contributed by atoms with van der Waals surface area (Å²) in [7, 11) is 1.65. The van der Waals surface area contributed by atoms with Crippen molar-refractivity contribution in [2.24, 2.45) is 0 Å². The molecule has 2 heterocycles. The highest BCUT2D eigenvalue weighted by Gasteiger charge is 2.18. The highest BCUT2D eigenvalue weighted by Crippen LogP contribution is 2.37. The molecule has 0 radical (unpaired) electrons. The zero-order valence-electron chi connectivity index (χ0n) is 13.2. The minimum absolute atomic E-state index is 0.00192. The van der Waals surface area contributed by atoms with Gasteiger partial charge in [0.05, 0.1) is 5.25 Å². The molecular formula is C17H17N3OS2. The summed E-state index contributed by atoms with van der Waals surface area (Å²) in [6.07, 6.45) is 0. The number of benzene rings is 1. The Kier molecular flexibility index (Phi) is 4.63. The monoisotopic (exact) mass is 343 g/mol. The Morgan fingerprint density at radius 3 is 2.70 bits per heavy atom. The van der Waals surface area contributed by atoms with Crippen LogP contribution in [0.2, 0.25) is 0 Å². The van der Waals surface area contributed by atoms with E-state index < -0.39 is 0 Å². The molecule has 1 atom stereocenters. The summed E-state index contributed by atoms with van der Waals surface area (Å²) < 4.78 is 0. The normalized spacial score (nSPS) is 12.3. The molecule has 0 spiro atoms. The fraction of sp³-hybridized carbons (Fsp3) is 0.235. The van der Waals surface area contributed by atoms with Gasteiger partial charge in [0, 0.05) is 17.3 Å². The van der Waals surface area contributed by atoms with E-state index in [4.69, 9.17) is 0 Å². The third-order valence-corrected chi connectivity index (χ3v) is 5.61. The van der Waals surface area contributed by atoms with Crippen LogP contribution < -0.4 is 5.32 Å². The minimum Gasteiger partial charge on any atom is -0.358 e. The summed E-state index contributed by atoms with van der Waals surface area (Å²) in [5, 5.41) is 4.36. The number of carbonyl (C=O) groups is 1. The zero-order chi connectivity index (χ0) is 16.4. The van der Waals surface area contributed by atoms with Crippen molar-refractivity contribution < 1.29 is 4.79 Å². The maximum atomic E-state index is 11.8. The molecule has 6 heteroatoms. The average Bonchev–Trinajstić information content (AvgIpc) is 2.98. The van der Waals surface area contributed by atoms with Gasteiger partial charge in [0.15, 0.2) is 0 Å². The second-order valence-electron chi connectivity index (χ2n) is 5.15. The fourth-order valence-corrected chi connectivity index (χ4v) is 4.43. The van der Waals surface area contributed by atoms with Crippen molar-refractivity contribution in [3.8, 4) is 10.4 Å². The Morgan fingerprint density at radius 1 is 1.26 bits per heavy atom. The summed E-state index contributed by atoms with van der Waals surface area (Å²) in [5.41, 5.74) is 1.17. The van der Waals surface area contributed by atoms with Crippen molar-refractivity contribution in [1.82, 2.24) is 15.3 Å². The predicted octanol–water partition coefficient (Wildman–Crippen LogP) is 3.89. The number of amides is 1. The van der Waals surface area contributed by atoms with Gasteiger partial charge in [-0.25, -0.2) is 9.97 Å². The molecule has 0 saturated heterocycles. The van der Waals surface area contributed by atoms with Gasteiger partial charge in [-0.3, -0.25) is 4.79 Å². The van der Waals surface area contributed by atoms with Crippen LogP contribution in [0, 0.1) is 6.92 Å². The van der Waals surface area contributed by atoms with Crippen molar-refractivity contribution in [3.63, 3.8) is 0 Å². The Bertz CT molecular complexity index is 846. The Labute approximate surface area is 143 Å². The van der Waals surface area contributed by atoms with E-state index in [9.17, 15) is 4.79 Å². The van der Waals surface area contributed by atoms with Gasteiger partial charge in [-0.05, 0) is 25.5 Å². The van der Waals surface area contributed by atoms with Crippen LogP contribution in [0.4, 0.5) is 0 Å². The number of nitrogens with one attached hydrogen (secondary N) is 1. The maximum absolute atomic E-state index is 11.8. The summed E-state index contributed by atoms with van der Waals surface area (Å²) in [6, 6.07) is 12.4. The van der Waals surface area contributed by atoms with Gasteiger partial charge in [0.1, 0.15) is 15.7 Å². The highest BCUT2D eigenvalue weighted by atomic mass is 32.2. The molecule has 0 aliphatic carbocycles. The Morgan fingerprint density at radius 2 is 2.00 bits per heavy atom. The predicted molar refractivity (Wildman–Crippen MR) is 97.0 cm³/mol. The van der Waals surface area contributed by atoms with E-state index in [0.717, 1.165) is 25.9 Å². The molecular weight excluding hydrogens is 326 g/mol. The molecule has 0 saturated carbocycles. The van der Waals surface area contributed by atoms with Crippen LogP contribution in [0.1, 0.15) is 12.7 Å². The molecule has 1 aromatic carbocycles. The van der Waals surface area contributed by atoms with Crippen molar-refractivity contribution >= 4 is 39.2 Å². The van der Waals surface area contributed by atoms with Gasteiger partial charge in [0.25, 0.3) is 0 Å². The van der Waals surface area contributed by atoms with Gasteiger partial charge < -0.3 is 5.32 Å². The number of aryl methyl sites for hydroxylation is 1. The number of fused-ring (bicyclic) bond motifs is 1. The molecule has 0 bridgehead atoms. The molecule has 0 fully saturated rings. The summed E-state index contributed by atoms with van der Waals surface area (Å²) in [5.74, 6) is 0.725. The van der Waals surface area contributed by atoms with Crippen LogP contribution in [0.15, 0.2) is 41.4 Å². The van der Waals surface area contributed by atoms with Crippen molar-refractivity contribution in [3.05, 3.63) is 42.2 Å². The third-order valence-electron chi connectivity index (χ3n) is 3.43. The number of nitrogens with zero attached hydrogens (tertiary/aromatic N) is 2. The van der Waals surface area contributed by atoms with E-state index in [1.54, 1.807) is 18.4 Å². The number of thioether (sulfide) groups is 1. The smallest absolute Gasteiger partial charge is 0.233 e. The van der Waals surface area contributed by atoms with Gasteiger partial charge in [-0.15, -0.1) is 11.3 Å². The van der Waals surface area contributed by atoms with E-state index in [1.165, 1.54) is 17.3 Å². The highest BCUT2D eigenvalue weighted by molar-refractivity contribution is 8.00. The van der Waals surface area contributed by atoms with Gasteiger partial charge in [-0.1, -0.05) is 42.1 Å². The topological polar surface area (TPSA) is 54.9 Å². The number of hydrogen-bond acceptors (Lipinski definition) is 5. The molecule has 3 aromatic rings. The molecule has 2 aromatic heterocycles. The van der Waals surface area contributed by atoms with Crippen LogP contribution in [-0.2, 0) is 4.79 Å². The number of hydrogen-bond donors (Lipinski definition) is 1. The van der Waals surface area contributed by atoms with E-state index in [-0.39, 0.29) is 11.2 Å². The molecule has 0 unspecified atom stereocenters. The molecule has 4 nitrogen and oxygen atoms in total. The lowest BCUT2D eigenvalue weighted by Crippen LogP contribution is -2.27. The number of rotatable bonds is 4. The quantitative estimate of drug-likeness (QED) is 0.577. The SMILES string of the molecule is CNC(=O)[C@@H](C)Sc1nc(C)nc2sc(-c3ccccc3)cc12. The molecule has 1 N–H and O–H groups in total. The van der Waals surface area contributed by atoms with Crippen LogP contribution in [0.5, 0.6) is 0 Å². The van der Waals surface area contributed by atoms with Crippen molar-refractivity contribution in [1.29, 1.82) is 0 Å². The van der Waals surface area contributed by atoms with Gasteiger partial charge in [0.2, 0.25) is 5.91 Å². The van der Waals surface area contributed by atoms with E-state index in [0.29, 0.717) is 0 Å². The summed E-state index contributed by atoms with van der Waals surface area (Å²) in [4.78, 5) is 23.0. The van der Waals surface area contributed by atoms with Crippen LogP contribution in [0.25, 0.3) is 20.7 Å². The van der Waals surface area contributed by atoms with Gasteiger partial charge >= 0.3 is 0 Å². The van der Waals surface area contributed by atoms with Crippen molar-refractivity contribution in [2.75, 3.05) is 7.05 Å². The lowest BCUT2D eigenvalue weighted by atomic mass is 10.2. The first-order valence-electron chi connectivity index (χ1n) is 7.30. The first-order chi connectivity index (χ1) is 11.1. The lowest BCUT2D eigenvalue weighted by Gasteiger charge is -2.09. The fourth-order valence-electron chi connectivity index (χ4n) is 2.26. The van der Waals surface area contributed by atoms with E-state index in [2.05, 4.69) is 33.5 Å². The van der Waals surface area contributed by atoms with Crippen LogP contribution in [-0.4, -0.2) is 28.2 Å². The maximum Gasteiger partial charge on any atom is 0.233 e. The molecule has 118 valence electrons. The van der Waals surface area contributed by atoms with E-state index >= 15 is 0 Å². The van der Waals surface area contributed by atoms with Crippen molar-refractivity contribution in [2.45, 2.75) is 24.1 Å². The van der Waals surface area contributed by atoms with Crippen LogP contribution in [0.3, 0.4) is 0 Å². The summed E-state index contributed by atoms with van der Waals surface area (Å²) in [6.45, 7) is 3.77. The third kappa shape index (κ3) is 3.38. The zero-order valence-corrected chi connectivity index (χ0v) is 14.8. The number of carbonyl (C=O) groups excluding carboxylic acids is 1. The average molecular weight is 343 g/mol. The molecule has 0 aliphatic heterocycles. The molecule has 0 aliphatic rings. The first kappa shape index (κ1) is 16.0.